The van der Waals surface area contributed by atoms with Gasteiger partial charge < -0.3 is 0 Å². The van der Waals surface area contributed by atoms with Gasteiger partial charge in [0.1, 0.15) is 0 Å². The van der Waals surface area contributed by atoms with Gasteiger partial charge in [-0.3, -0.25) is 0 Å². The van der Waals surface area contributed by atoms with Gasteiger partial charge in [-0.1, -0.05) is 0 Å². The number of benzene rings is 4. The van der Waals surface area contributed by atoms with Gasteiger partial charge in [-0.2, -0.15) is 0 Å². The van der Waals surface area contributed by atoms with Crippen LogP contribution in [0, 0.1) is 62.3 Å². The quantitative estimate of drug-likeness (QED) is 0.169. The predicted molar refractivity (Wildman–Crippen MR) is 179 cm³/mol. The molecule has 0 heterocycles. The molecule has 0 aromatic heterocycles. The standard InChI is InChI=1S/3C10H12O2.C7H6Cl.Sn/c3*1-6-4-7(2)9(10(11)12)8(3)5-6;1-6-4-2-3-5-7(6)8;/h3*4-5H,1-3H3,(H,11,12);2-5H,1H2;/q;;;;+3/p-3. The number of halogens is 1. The van der Waals surface area contributed by atoms with Crippen LogP contribution in [0.3, 0.4) is 0 Å². The molecule has 4 rings (SSSR count). The summed E-state index contributed by atoms with van der Waals surface area (Å²) in [5, 5.41) is 0.370. The first-order valence-corrected chi connectivity index (χ1v) is 20.7. The molecule has 0 atom stereocenters. The Morgan fingerprint density at radius 2 is 0.822 bits per heavy atom. The Morgan fingerprint density at radius 3 is 1.11 bits per heavy atom. The van der Waals surface area contributed by atoms with E-state index in [1.807, 2.05) is 98.7 Å². The first kappa shape index (κ1) is 34.3. The Kier molecular flexibility index (Phi) is 10.5. The van der Waals surface area contributed by atoms with Crippen molar-refractivity contribution in [1.29, 1.82) is 0 Å². The molecule has 0 bridgehead atoms. The van der Waals surface area contributed by atoms with Crippen LogP contribution in [-0.2, 0) is 13.7 Å². The summed E-state index contributed by atoms with van der Waals surface area (Å²) in [7, 11) is 0. The molecule has 0 unspecified atom stereocenters. The Morgan fingerprint density at radius 1 is 0.533 bits per heavy atom. The molecular weight excluding hydrogens is 695 g/mol. The van der Waals surface area contributed by atoms with Crippen LogP contribution in [0.4, 0.5) is 0 Å². The van der Waals surface area contributed by atoms with Crippen LogP contribution in [0.25, 0.3) is 0 Å². The molecule has 0 amide bonds. The van der Waals surface area contributed by atoms with Crippen LogP contribution < -0.4 is 0 Å². The van der Waals surface area contributed by atoms with Gasteiger partial charge >= 0.3 is 277 Å². The van der Waals surface area contributed by atoms with E-state index in [1.165, 1.54) is 0 Å². The van der Waals surface area contributed by atoms with Crippen molar-refractivity contribution in [3.05, 3.63) is 138 Å². The van der Waals surface area contributed by atoms with Crippen molar-refractivity contribution in [3.63, 3.8) is 0 Å². The number of hydrogen-bond donors (Lipinski definition) is 0. The summed E-state index contributed by atoms with van der Waals surface area (Å²) in [4.78, 5) is 42.3. The molecular formula is C37H39ClO6Sn. The SMILES string of the molecule is Cc1cc(C)c(C(=O)[O][Sn]([CH2]c2ccccc2Cl)([O]C(=O)c2c(C)cc(C)cc2C)[O]C(=O)c2c(C)cc(C)cc2C)c(C)c1. The summed E-state index contributed by atoms with van der Waals surface area (Å²) in [6.07, 6.45) is 0. The van der Waals surface area contributed by atoms with Gasteiger partial charge in [0.15, 0.2) is 0 Å². The molecule has 0 radical (unpaired) electrons. The average Bonchev–Trinajstić information content (AvgIpc) is 2.88. The van der Waals surface area contributed by atoms with Crippen LogP contribution in [0.15, 0.2) is 60.7 Å². The second kappa shape index (κ2) is 13.8. The molecule has 0 aliphatic heterocycles. The van der Waals surface area contributed by atoms with Crippen molar-refractivity contribution in [3.8, 4) is 0 Å². The summed E-state index contributed by atoms with van der Waals surface area (Å²) in [6.45, 7) is 16.7. The van der Waals surface area contributed by atoms with Gasteiger partial charge in [-0.05, 0) is 0 Å². The van der Waals surface area contributed by atoms with Crippen LogP contribution in [0.1, 0.15) is 86.7 Å². The number of carbonyl (C=O) groups excluding carboxylic acids is 3. The molecule has 0 aliphatic carbocycles. The number of hydrogen-bond acceptors (Lipinski definition) is 6. The van der Waals surface area contributed by atoms with Gasteiger partial charge in [-0.15, -0.1) is 0 Å². The monoisotopic (exact) mass is 734 g/mol. The fourth-order valence-corrected chi connectivity index (χ4v) is 13.1. The third-order valence-electron chi connectivity index (χ3n) is 7.75. The van der Waals surface area contributed by atoms with Crippen molar-refractivity contribution in [1.82, 2.24) is 0 Å². The van der Waals surface area contributed by atoms with Gasteiger partial charge in [-0.25, -0.2) is 0 Å². The van der Waals surface area contributed by atoms with Crippen molar-refractivity contribution in [2.45, 2.75) is 66.8 Å². The molecule has 0 saturated heterocycles. The van der Waals surface area contributed by atoms with Gasteiger partial charge in [0, 0.05) is 0 Å². The maximum absolute atomic E-state index is 14.1. The van der Waals surface area contributed by atoms with E-state index in [0.717, 1.165) is 16.7 Å². The molecule has 4 aromatic carbocycles. The van der Waals surface area contributed by atoms with E-state index >= 15 is 0 Å². The van der Waals surface area contributed by atoms with E-state index in [0.29, 0.717) is 60.7 Å². The molecule has 0 aliphatic rings. The Labute approximate surface area is 276 Å². The van der Waals surface area contributed by atoms with Crippen LogP contribution >= 0.6 is 11.6 Å². The molecule has 8 heteroatoms. The van der Waals surface area contributed by atoms with Gasteiger partial charge in [0.2, 0.25) is 0 Å². The first-order chi connectivity index (χ1) is 21.1. The summed E-state index contributed by atoms with van der Waals surface area (Å²) in [5.41, 5.74) is 8.68. The van der Waals surface area contributed by atoms with Gasteiger partial charge in [0.25, 0.3) is 0 Å². The van der Waals surface area contributed by atoms with Crippen molar-refractivity contribution in [2.75, 3.05) is 0 Å². The van der Waals surface area contributed by atoms with Crippen molar-refractivity contribution < 1.29 is 23.6 Å². The van der Waals surface area contributed by atoms with Crippen molar-refractivity contribution >= 4 is 49.1 Å². The minimum absolute atomic E-state index is 0.143. The van der Waals surface area contributed by atoms with Gasteiger partial charge in [0.05, 0.1) is 0 Å². The Balaban J connectivity index is 1.92. The number of rotatable bonds is 8. The molecule has 234 valence electrons. The summed E-state index contributed by atoms with van der Waals surface area (Å²) in [5.74, 6) is -2.16. The van der Waals surface area contributed by atoms with Crippen LogP contribution in [0.2, 0.25) is 5.02 Å². The van der Waals surface area contributed by atoms with Crippen LogP contribution in [-0.4, -0.2) is 37.5 Å². The second-order valence-electron chi connectivity index (χ2n) is 11.9. The van der Waals surface area contributed by atoms with E-state index in [4.69, 9.17) is 20.8 Å². The van der Waals surface area contributed by atoms with E-state index in [1.54, 1.807) is 24.3 Å². The average molecular weight is 734 g/mol. The second-order valence-corrected chi connectivity index (χ2v) is 19.0. The molecule has 4 aromatic rings. The maximum atomic E-state index is 14.1. The number of aryl methyl sites for hydroxylation is 9. The zero-order valence-corrected chi connectivity index (χ0v) is 30.9. The van der Waals surface area contributed by atoms with Crippen LogP contribution in [0.5, 0.6) is 0 Å². The molecule has 6 nitrogen and oxygen atoms in total. The topological polar surface area (TPSA) is 78.9 Å². The molecule has 0 spiro atoms. The minimum atomic E-state index is -5.69. The molecule has 0 fully saturated rings. The zero-order chi connectivity index (χ0) is 33.2. The predicted octanol–water partition coefficient (Wildman–Crippen LogP) is 8.71. The van der Waals surface area contributed by atoms with E-state index in [2.05, 4.69) is 0 Å². The fourth-order valence-electron chi connectivity index (χ4n) is 6.13. The summed E-state index contributed by atoms with van der Waals surface area (Å²) < 4.78 is 18.8. The zero-order valence-electron chi connectivity index (χ0n) is 27.3. The summed E-state index contributed by atoms with van der Waals surface area (Å²) in [6, 6.07) is 18.3. The third-order valence-corrected chi connectivity index (χ3v) is 14.7. The first-order valence-electron chi connectivity index (χ1n) is 14.8. The Hall–Kier alpha value is -3.62. The Bertz CT molecular complexity index is 1580. The van der Waals surface area contributed by atoms with E-state index in [-0.39, 0.29) is 4.44 Å². The van der Waals surface area contributed by atoms with E-state index in [9.17, 15) is 14.4 Å². The fraction of sp³-hybridized carbons (Fsp3) is 0.270. The van der Waals surface area contributed by atoms with Crippen molar-refractivity contribution in [2.24, 2.45) is 0 Å². The molecule has 45 heavy (non-hydrogen) atoms. The molecule has 0 N–H and O–H groups in total. The molecule has 0 saturated carbocycles. The van der Waals surface area contributed by atoms with E-state index < -0.39 is 37.5 Å². The number of carbonyl (C=O) groups is 3. The summed E-state index contributed by atoms with van der Waals surface area (Å²) >= 11 is 0.917. The normalized spacial score (nSPS) is 11.2. The third kappa shape index (κ3) is 7.79.